The minimum Gasteiger partial charge on any atom is -0.507 e. The van der Waals surface area contributed by atoms with E-state index in [1.807, 2.05) is 6.92 Å². The number of fused-ring (bicyclic) bond motifs is 1. The monoisotopic (exact) mass is 278 g/mol. The second-order valence-corrected chi connectivity index (χ2v) is 4.40. The number of hydrogen-bond donors (Lipinski definition) is 2. The summed E-state index contributed by atoms with van der Waals surface area (Å²) >= 11 is 0. The number of aromatic carboxylic acids is 1. The van der Waals surface area contributed by atoms with Crippen molar-refractivity contribution in [2.75, 3.05) is 0 Å². The van der Waals surface area contributed by atoms with Gasteiger partial charge in [0, 0.05) is 12.5 Å². The van der Waals surface area contributed by atoms with Crippen molar-refractivity contribution in [1.82, 2.24) is 0 Å². The van der Waals surface area contributed by atoms with Crippen LogP contribution in [0.1, 0.15) is 35.5 Å². The van der Waals surface area contributed by atoms with Crippen molar-refractivity contribution in [2.45, 2.75) is 27.2 Å². The van der Waals surface area contributed by atoms with Crippen LogP contribution in [0.5, 0.6) is 11.5 Å². The van der Waals surface area contributed by atoms with Gasteiger partial charge < -0.3 is 19.4 Å². The molecule has 1 aromatic carbocycles. The van der Waals surface area contributed by atoms with Gasteiger partial charge in [-0.1, -0.05) is 6.92 Å². The normalized spacial score (nSPS) is 10.8. The molecule has 0 atom stereocenters. The first kappa shape index (κ1) is 13.9. The number of phenols is 1. The number of aryl methyl sites for hydroxylation is 2. The maximum Gasteiger partial charge on any atom is 0.372 e. The summed E-state index contributed by atoms with van der Waals surface area (Å²) < 4.78 is 10.3. The van der Waals surface area contributed by atoms with Gasteiger partial charge in [0.1, 0.15) is 5.75 Å². The number of rotatable bonds is 3. The van der Waals surface area contributed by atoms with E-state index < -0.39 is 11.9 Å². The third-order valence-electron chi connectivity index (χ3n) is 3.05. The molecule has 0 aliphatic heterocycles. The molecule has 0 bridgehead atoms. The summed E-state index contributed by atoms with van der Waals surface area (Å²) in [6.07, 6.45) is 0.503. The van der Waals surface area contributed by atoms with E-state index in [4.69, 9.17) is 14.3 Å². The zero-order chi connectivity index (χ0) is 15.0. The van der Waals surface area contributed by atoms with E-state index in [1.165, 1.54) is 19.9 Å². The molecule has 1 aromatic heterocycles. The number of ether oxygens (including phenoxy) is 1. The van der Waals surface area contributed by atoms with Crippen LogP contribution in [0.2, 0.25) is 0 Å². The molecule has 0 amide bonds. The Morgan fingerprint density at radius 3 is 2.55 bits per heavy atom. The molecule has 0 fully saturated rings. The number of carbonyl (C=O) groups is 2. The van der Waals surface area contributed by atoms with E-state index in [0.29, 0.717) is 17.5 Å². The Morgan fingerprint density at radius 2 is 2.05 bits per heavy atom. The molecule has 0 radical (unpaired) electrons. The topological polar surface area (TPSA) is 97.0 Å². The van der Waals surface area contributed by atoms with Gasteiger partial charge in [0.15, 0.2) is 11.3 Å². The standard InChI is InChI=1S/C14H14O6/c1-4-8-5-9(19-7(3)15)13-10(11(8)16)6(2)12(20-13)14(17)18/h5,16H,4H2,1-3H3,(H,17,18). The molecule has 2 rings (SSSR count). The Hall–Kier alpha value is -2.50. The summed E-state index contributed by atoms with van der Waals surface area (Å²) in [6, 6.07) is 1.48. The number of carboxylic acid groups (broad SMARTS) is 1. The zero-order valence-electron chi connectivity index (χ0n) is 11.3. The van der Waals surface area contributed by atoms with Gasteiger partial charge in [0.2, 0.25) is 5.76 Å². The first-order valence-corrected chi connectivity index (χ1v) is 6.06. The highest BCUT2D eigenvalue weighted by molar-refractivity contribution is 6.00. The van der Waals surface area contributed by atoms with Crippen molar-refractivity contribution in [3.63, 3.8) is 0 Å². The lowest BCUT2D eigenvalue weighted by Crippen LogP contribution is -2.02. The molecular formula is C14H14O6. The predicted molar refractivity (Wildman–Crippen MR) is 70.3 cm³/mol. The van der Waals surface area contributed by atoms with Crippen LogP contribution in [-0.2, 0) is 11.2 Å². The summed E-state index contributed by atoms with van der Waals surface area (Å²) in [5, 5.41) is 19.5. The molecule has 2 N–H and O–H groups in total. The van der Waals surface area contributed by atoms with Crippen molar-refractivity contribution >= 4 is 22.9 Å². The van der Waals surface area contributed by atoms with Gasteiger partial charge >= 0.3 is 11.9 Å². The smallest absolute Gasteiger partial charge is 0.372 e. The fourth-order valence-corrected chi connectivity index (χ4v) is 2.13. The fraction of sp³-hybridized carbons (Fsp3) is 0.286. The van der Waals surface area contributed by atoms with Gasteiger partial charge in [-0.2, -0.15) is 0 Å². The van der Waals surface area contributed by atoms with Gasteiger partial charge in [-0.15, -0.1) is 0 Å². The first-order valence-electron chi connectivity index (χ1n) is 6.06. The molecule has 0 unspecified atom stereocenters. The zero-order valence-corrected chi connectivity index (χ0v) is 11.3. The highest BCUT2D eigenvalue weighted by Gasteiger charge is 2.24. The van der Waals surface area contributed by atoms with Crippen molar-refractivity contribution in [2.24, 2.45) is 0 Å². The number of furan rings is 1. The highest BCUT2D eigenvalue weighted by atomic mass is 16.5. The van der Waals surface area contributed by atoms with Crippen LogP contribution in [0.3, 0.4) is 0 Å². The van der Waals surface area contributed by atoms with Crippen LogP contribution in [0.15, 0.2) is 10.5 Å². The molecular weight excluding hydrogens is 264 g/mol. The minimum atomic E-state index is -1.25. The lowest BCUT2D eigenvalue weighted by molar-refractivity contribution is -0.131. The molecule has 6 heteroatoms. The van der Waals surface area contributed by atoms with E-state index in [2.05, 4.69) is 0 Å². The summed E-state index contributed by atoms with van der Waals surface area (Å²) in [7, 11) is 0. The van der Waals surface area contributed by atoms with Gasteiger partial charge in [0.25, 0.3) is 0 Å². The molecule has 0 saturated heterocycles. The van der Waals surface area contributed by atoms with E-state index in [-0.39, 0.29) is 28.2 Å². The van der Waals surface area contributed by atoms with Gasteiger partial charge in [0.05, 0.1) is 5.39 Å². The Morgan fingerprint density at radius 1 is 1.40 bits per heavy atom. The maximum atomic E-state index is 11.1. The average Bonchev–Trinajstić information content (AvgIpc) is 2.71. The lowest BCUT2D eigenvalue weighted by atomic mass is 10.0. The number of benzene rings is 1. The molecule has 0 aliphatic carbocycles. The summed E-state index contributed by atoms with van der Waals surface area (Å²) in [5.41, 5.74) is 0.910. The van der Waals surface area contributed by atoms with Crippen LogP contribution in [0.4, 0.5) is 0 Å². The number of carbonyl (C=O) groups excluding carboxylic acids is 1. The predicted octanol–water partition coefficient (Wildman–Crippen LogP) is 2.63. The van der Waals surface area contributed by atoms with Crippen molar-refractivity contribution in [1.29, 1.82) is 0 Å². The molecule has 0 aliphatic rings. The van der Waals surface area contributed by atoms with Crippen molar-refractivity contribution in [3.05, 3.63) is 23.0 Å². The second kappa shape index (κ2) is 4.88. The number of carboxylic acids is 1. The van der Waals surface area contributed by atoms with Crippen molar-refractivity contribution in [3.8, 4) is 11.5 Å². The van der Waals surface area contributed by atoms with Gasteiger partial charge in [-0.3, -0.25) is 4.79 Å². The van der Waals surface area contributed by atoms with Crippen LogP contribution in [0.25, 0.3) is 11.0 Å². The molecule has 2 aromatic rings. The average molecular weight is 278 g/mol. The Balaban J connectivity index is 2.86. The lowest BCUT2D eigenvalue weighted by Gasteiger charge is -2.08. The number of phenolic OH excluding ortho intramolecular Hbond substituents is 1. The molecule has 106 valence electrons. The van der Waals surface area contributed by atoms with Crippen LogP contribution < -0.4 is 4.74 Å². The third kappa shape index (κ3) is 2.09. The first-order chi connectivity index (χ1) is 9.36. The SMILES string of the molecule is CCc1cc(OC(C)=O)c2oc(C(=O)O)c(C)c2c1O. The molecule has 1 heterocycles. The second-order valence-electron chi connectivity index (χ2n) is 4.40. The van der Waals surface area contributed by atoms with E-state index in [9.17, 15) is 14.7 Å². The van der Waals surface area contributed by atoms with E-state index in [0.717, 1.165) is 0 Å². The largest absolute Gasteiger partial charge is 0.507 e. The summed E-state index contributed by atoms with van der Waals surface area (Å²) in [4.78, 5) is 22.2. The van der Waals surface area contributed by atoms with Crippen LogP contribution in [0, 0.1) is 6.92 Å². The molecule has 0 spiro atoms. The molecule has 6 nitrogen and oxygen atoms in total. The van der Waals surface area contributed by atoms with Gasteiger partial charge in [-0.05, 0) is 25.0 Å². The molecule has 20 heavy (non-hydrogen) atoms. The number of aromatic hydroxyl groups is 1. The van der Waals surface area contributed by atoms with Crippen molar-refractivity contribution < 1.29 is 29.0 Å². The third-order valence-corrected chi connectivity index (χ3v) is 3.05. The highest BCUT2D eigenvalue weighted by Crippen LogP contribution is 2.41. The molecule has 0 saturated carbocycles. The van der Waals surface area contributed by atoms with Gasteiger partial charge in [-0.25, -0.2) is 4.79 Å². The van der Waals surface area contributed by atoms with E-state index in [1.54, 1.807) is 0 Å². The summed E-state index contributed by atoms with van der Waals surface area (Å²) in [5.74, 6) is -2.02. The fourth-order valence-electron chi connectivity index (χ4n) is 2.13. The summed E-state index contributed by atoms with van der Waals surface area (Å²) in [6.45, 7) is 4.59. The quantitative estimate of drug-likeness (QED) is 0.661. The Bertz CT molecular complexity index is 710. The van der Waals surface area contributed by atoms with Crippen LogP contribution in [-0.4, -0.2) is 22.2 Å². The van der Waals surface area contributed by atoms with E-state index >= 15 is 0 Å². The minimum absolute atomic E-state index is 0.0489. The maximum absolute atomic E-state index is 11.1. The number of esters is 1. The van der Waals surface area contributed by atoms with Crippen LogP contribution >= 0.6 is 0 Å². The Labute approximate surface area is 114 Å². The number of hydrogen-bond acceptors (Lipinski definition) is 5. The Kier molecular flexibility index (Phi) is 3.40.